The van der Waals surface area contributed by atoms with Crippen molar-refractivity contribution < 1.29 is 0 Å². The van der Waals surface area contributed by atoms with Gasteiger partial charge in [0.05, 0.1) is 17.1 Å². The molecule has 0 bridgehead atoms. The molecular formula is C15H10N4O. The summed E-state index contributed by atoms with van der Waals surface area (Å²) < 4.78 is 1.70. The number of aromatic amines is 1. The minimum Gasteiger partial charge on any atom is -0.328 e. The van der Waals surface area contributed by atoms with Gasteiger partial charge in [0, 0.05) is 18.0 Å². The summed E-state index contributed by atoms with van der Waals surface area (Å²) in [5, 5.41) is 4.90. The van der Waals surface area contributed by atoms with Gasteiger partial charge in [0.1, 0.15) is 0 Å². The van der Waals surface area contributed by atoms with E-state index in [1.54, 1.807) is 23.1 Å². The fraction of sp³-hybridized carbons (Fsp3) is 0. The van der Waals surface area contributed by atoms with Crippen LogP contribution in [-0.2, 0) is 0 Å². The molecule has 1 N–H and O–H groups in total. The van der Waals surface area contributed by atoms with Crippen molar-refractivity contribution in [3.63, 3.8) is 0 Å². The predicted octanol–water partition coefficient (Wildman–Crippen LogP) is 2.24. The molecule has 5 heteroatoms. The predicted molar refractivity (Wildman–Crippen MR) is 76.5 cm³/mol. The Morgan fingerprint density at radius 1 is 1.05 bits per heavy atom. The summed E-state index contributed by atoms with van der Waals surface area (Å²) in [6.07, 6.45) is 4.99. The van der Waals surface area contributed by atoms with Gasteiger partial charge in [-0.15, -0.1) is 0 Å². The van der Waals surface area contributed by atoms with Crippen LogP contribution in [0.3, 0.4) is 0 Å². The molecule has 20 heavy (non-hydrogen) atoms. The number of rotatable bonds is 1. The second kappa shape index (κ2) is 4.03. The van der Waals surface area contributed by atoms with E-state index in [0.717, 1.165) is 22.3 Å². The SMILES string of the molecule is O=c1[nH]ccc2c1cnc1c(-c3ccccc3)cnn12. The third-order valence-electron chi connectivity index (χ3n) is 3.35. The molecule has 0 saturated heterocycles. The molecule has 0 unspecified atom stereocenters. The smallest absolute Gasteiger partial charge is 0.258 e. The normalized spacial score (nSPS) is 11.2. The van der Waals surface area contributed by atoms with Crippen LogP contribution in [0.15, 0.2) is 59.8 Å². The van der Waals surface area contributed by atoms with Crippen molar-refractivity contribution >= 4 is 16.6 Å². The molecule has 1 aromatic carbocycles. The zero-order valence-electron chi connectivity index (χ0n) is 10.4. The lowest BCUT2D eigenvalue weighted by molar-refractivity contribution is 0.979. The van der Waals surface area contributed by atoms with Crippen molar-refractivity contribution in [2.75, 3.05) is 0 Å². The van der Waals surface area contributed by atoms with Crippen LogP contribution in [0.5, 0.6) is 0 Å². The van der Waals surface area contributed by atoms with E-state index in [0.29, 0.717) is 5.39 Å². The van der Waals surface area contributed by atoms with Gasteiger partial charge in [-0.05, 0) is 11.6 Å². The van der Waals surface area contributed by atoms with Gasteiger partial charge in [-0.3, -0.25) is 4.79 Å². The Morgan fingerprint density at radius 2 is 1.90 bits per heavy atom. The average molecular weight is 262 g/mol. The quantitative estimate of drug-likeness (QED) is 0.572. The number of pyridine rings is 1. The molecule has 0 spiro atoms. The first kappa shape index (κ1) is 10.9. The Morgan fingerprint density at radius 3 is 2.75 bits per heavy atom. The van der Waals surface area contributed by atoms with Crippen LogP contribution in [0.25, 0.3) is 27.7 Å². The van der Waals surface area contributed by atoms with Crippen molar-refractivity contribution in [2.45, 2.75) is 0 Å². The summed E-state index contributed by atoms with van der Waals surface area (Å²) in [6, 6.07) is 11.8. The molecule has 0 saturated carbocycles. The lowest BCUT2D eigenvalue weighted by Gasteiger charge is -2.01. The molecule has 3 heterocycles. The number of H-pyrrole nitrogens is 1. The van der Waals surface area contributed by atoms with Crippen molar-refractivity contribution in [2.24, 2.45) is 0 Å². The third-order valence-corrected chi connectivity index (χ3v) is 3.35. The number of nitrogens with zero attached hydrogens (tertiary/aromatic N) is 3. The second-order valence-electron chi connectivity index (χ2n) is 4.52. The molecule has 4 rings (SSSR count). The van der Waals surface area contributed by atoms with Gasteiger partial charge in [0.25, 0.3) is 5.56 Å². The first-order chi connectivity index (χ1) is 9.84. The Labute approximate surface area is 113 Å². The van der Waals surface area contributed by atoms with Crippen LogP contribution in [0.4, 0.5) is 0 Å². The highest BCUT2D eigenvalue weighted by Crippen LogP contribution is 2.24. The number of nitrogens with one attached hydrogen (secondary N) is 1. The molecule has 5 nitrogen and oxygen atoms in total. The summed E-state index contributed by atoms with van der Waals surface area (Å²) in [7, 11) is 0. The van der Waals surface area contributed by atoms with Crippen LogP contribution >= 0.6 is 0 Å². The molecule has 4 aromatic rings. The molecule has 0 radical (unpaired) electrons. The van der Waals surface area contributed by atoms with Crippen LogP contribution in [0.1, 0.15) is 0 Å². The average Bonchev–Trinajstić information content (AvgIpc) is 2.93. The highest BCUT2D eigenvalue weighted by atomic mass is 16.1. The number of aromatic nitrogens is 4. The second-order valence-corrected chi connectivity index (χ2v) is 4.52. The fourth-order valence-corrected chi connectivity index (χ4v) is 2.38. The third kappa shape index (κ3) is 1.46. The van der Waals surface area contributed by atoms with Gasteiger partial charge >= 0.3 is 0 Å². The van der Waals surface area contributed by atoms with E-state index in [1.165, 1.54) is 0 Å². The van der Waals surface area contributed by atoms with E-state index in [-0.39, 0.29) is 5.56 Å². The molecule has 0 amide bonds. The number of fused-ring (bicyclic) bond motifs is 3. The minimum atomic E-state index is -0.159. The van der Waals surface area contributed by atoms with E-state index in [4.69, 9.17) is 0 Å². The first-order valence-electron chi connectivity index (χ1n) is 6.24. The first-order valence-corrected chi connectivity index (χ1v) is 6.24. The van der Waals surface area contributed by atoms with Gasteiger partial charge in [-0.25, -0.2) is 9.50 Å². The van der Waals surface area contributed by atoms with E-state index in [9.17, 15) is 4.79 Å². The van der Waals surface area contributed by atoms with Gasteiger partial charge in [-0.2, -0.15) is 5.10 Å². The van der Waals surface area contributed by atoms with Crippen LogP contribution in [-0.4, -0.2) is 19.6 Å². The summed E-state index contributed by atoms with van der Waals surface area (Å²) in [4.78, 5) is 18.8. The topological polar surface area (TPSA) is 63.0 Å². The molecule has 96 valence electrons. The highest BCUT2D eigenvalue weighted by Gasteiger charge is 2.10. The zero-order chi connectivity index (χ0) is 13.5. The Kier molecular flexibility index (Phi) is 2.20. The van der Waals surface area contributed by atoms with Crippen molar-refractivity contribution in [1.82, 2.24) is 19.6 Å². The Bertz CT molecular complexity index is 969. The summed E-state index contributed by atoms with van der Waals surface area (Å²) in [6.45, 7) is 0. The maximum Gasteiger partial charge on any atom is 0.258 e. The molecule has 0 fully saturated rings. The minimum absolute atomic E-state index is 0.159. The maximum absolute atomic E-state index is 11.8. The molecular weight excluding hydrogens is 252 g/mol. The summed E-state index contributed by atoms with van der Waals surface area (Å²) in [5.41, 5.74) is 3.34. The standard InChI is InChI=1S/C15H10N4O/c20-15-12-8-17-14-11(10-4-2-1-3-5-10)9-18-19(14)13(12)6-7-16-15/h1-9H,(H,16,20). The van der Waals surface area contributed by atoms with Gasteiger partial charge < -0.3 is 4.98 Å². The monoisotopic (exact) mass is 262 g/mol. The van der Waals surface area contributed by atoms with Gasteiger partial charge in [0.15, 0.2) is 5.65 Å². The lowest BCUT2D eigenvalue weighted by atomic mass is 10.1. The Balaban J connectivity index is 2.11. The maximum atomic E-state index is 11.8. The molecule has 0 aliphatic carbocycles. The molecule has 0 atom stereocenters. The number of hydrogen-bond donors (Lipinski definition) is 1. The van der Waals surface area contributed by atoms with Gasteiger partial charge in [-0.1, -0.05) is 30.3 Å². The van der Waals surface area contributed by atoms with Gasteiger partial charge in [0.2, 0.25) is 0 Å². The molecule has 0 aliphatic heterocycles. The van der Waals surface area contributed by atoms with Crippen LogP contribution in [0.2, 0.25) is 0 Å². The van der Waals surface area contributed by atoms with E-state index in [2.05, 4.69) is 15.1 Å². The number of benzene rings is 1. The highest BCUT2D eigenvalue weighted by molar-refractivity contribution is 5.84. The summed E-state index contributed by atoms with van der Waals surface area (Å²) in [5.74, 6) is 0. The van der Waals surface area contributed by atoms with E-state index < -0.39 is 0 Å². The lowest BCUT2D eigenvalue weighted by Crippen LogP contribution is -2.07. The Hall–Kier alpha value is -2.95. The van der Waals surface area contributed by atoms with E-state index in [1.807, 2.05) is 36.4 Å². The molecule has 3 aromatic heterocycles. The van der Waals surface area contributed by atoms with Crippen molar-refractivity contribution in [1.29, 1.82) is 0 Å². The molecule has 0 aliphatic rings. The van der Waals surface area contributed by atoms with Crippen molar-refractivity contribution in [3.05, 3.63) is 65.3 Å². The fourth-order valence-electron chi connectivity index (χ4n) is 2.38. The van der Waals surface area contributed by atoms with Crippen LogP contribution in [0, 0.1) is 0 Å². The van der Waals surface area contributed by atoms with E-state index >= 15 is 0 Å². The van der Waals surface area contributed by atoms with Crippen LogP contribution < -0.4 is 5.56 Å². The summed E-state index contributed by atoms with van der Waals surface area (Å²) >= 11 is 0. The number of hydrogen-bond acceptors (Lipinski definition) is 3. The zero-order valence-corrected chi connectivity index (χ0v) is 10.4. The van der Waals surface area contributed by atoms with Crippen molar-refractivity contribution in [3.8, 4) is 11.1 Å². The largest absolute Gasteiger partial charge is 0.328 e.